The van der Waals surface area contributed by atoms with Crippen molar-refractivity contribution in [3.63, 3.8) is 0 Å². The SMILES string of the molecule is CC(=O)/C=C(/C)O.Cc1[c-]c(-c2ncc(-c3c(C)cccc3C)nc2-c2cccc(C)c2)cc(C)c1.[Ir]. The van der Waals surface area contributed by atoms with Crippen molar-refractivity contribution in [3.8, 4) is 33.8 Å². The third-order valence-corrected chi connectivity index (χ3v) is 5.62. The number of aliphatic hydroxyl groups is 1. The van der Waals surface area contributed by atoms with Gasteiger partial charge in [0.15, 0.2) is 5.78 Å². The summed E-state index contributed by atoms with van der Waals surface area (Å²) in [6.45, 7) is 13.4. The quantitative estimate of drug-likeness (QED) is 0.137. The van der Waals surface area contributed by atoms with Crippen molar-refractivity contribution in [2.75, 3.05) is 0 Å². The first-order chi connectivity index (χ1) is 17.0. The molecule has 0 unspecified atom stereocenters. The first-order valence-corrected chi connectivity index (χ1v) is 11.9. The number of hydrogen-bond acceptors (Lipinski definition) is 4. The molecule has 4 aromatic rings. The molecule has 0 atom stereocenters. The molecular formula is C32H33IrN2O2-. The topological polar surface area (TPSA) is 63.1 Å². The van der Waals surface area contributed by atoms with Gasteiger partial charge in [-0.1, -0.05) is 61.9 Å². The Kier molecular flexibility index (Phi) is 10.7. The smallest absolute Gasteiger partial charge is 0.155 e. The van der Waals surface area contributed by atoms with Gasteiger partial charge in [-0.3, -0.25) is 9.78 Å². The molecule has 37 heavy (non-hydrogen) atoms. The van der Waals surface area contributed by atoms with E-state index in [1.807, 2.05) is 6.20 Å². The average Bonchev–Trinajstić information content (AvgIpc) is 2.78. The molecule has 0 saturated heterocycles. The molecule has 0 amide bonds. The van der Waals surface area contributed by atoms with Crippen LogP contribution in [0.25, 0.3) is 33.8 Å². The minimum Gasteiger partial charge on any atom is -0.512 e. The molecule has 1 heterocycles. The summed E-state index contributed by atoms with van der Waals surface area (Å²) in [5.74, 6) is -0.0625. The zero-order valence-electron chi connectivity index (χ0n) is 22.4. The Balaban J connectivity index is 0.000000532. The number of nitrogens with zero attached hydrogens (tertiary/aromatic N) is 2. The summed E-state index contributed by atoms with van der Waals surface area (Å²) >= 11 is 0. The number of carbonyl (C=O) groups excluding carboxylic acids is 1. The number of aliphatic hydroxyl groups excluding tert-OH is 1. The van der Waals surface area contributed by atoms with Gasteiger partial charge in [-0.25, -0.2) is 0 Å². The molecule has 1 radical (unpaired) electrons. The number of benzene rings is 3. The molecule has 193 valence electrons. The second kappa shape index (κ2) is 13.2. The molecule has 1 aromatic heterocycles. The first kappa shape index (κ1) is 29.8. The Morgan fingerprint density at radius 1 is 0.865 bits per heavy atom. The van der Waals surface area contributed by atoms with Crippen LogP contribution in [-0.2, 0) is 24.9 Å². The zero-order valence-corrected chi connectivity index (χ0v) is 24.8. The Hall–Kier alpha value is -3.40. The van der Waals surface area contributed by atoms with Gasteiger partial charge in [0.05, 0.1) is 17.1 Å². The van der Waals surface area contributed by atoms with E-state index in [2.05, 4.69) is 95.3 Å². The van der Waals surface area contributed by atoms with E-state index in [4.69, 9.17) is 15.1 Å². The third-order valence-electron chi connectivity index (χ3n) is 5.62. The fourth-order valence-electron chi connectivity index (χ4n) is 4.24. The summed E-state index contributed by atoms with van der Waals surface area (Å²) in [5.41, 5.74) is 11.8. The summed E-state index contributed by atoms with van der Waals surface area (Å²) < 4.78 is 0. The van der Waals surface area contributed by atoms with Crippen LogP contribution >= 0.6 is 0 Å². The fraction of sp³-hybridized carbons (Fsp3) is 0.219. The second-order valence-corrected chi connectivity index (χ2v) is 9.24. The summed E-state index contributed by atoms with van der Waals surface area (Å²) in [6, 6.07) is 22.5. The van der Waals surface area contributed by atoms with Crippen molar-refractivity contribution in [1.29, 1.82) is 0 Å². The molecule has 1 N–H and O–H groups in total. The van der Waals surface area contributed by atoms with Gasteiger partial charge in [0.1, 0.15) is 0 Å². The van der Waals surface area contributed by atoms with E-state index >= 15 is 0 Å². The van der Waals surface area contributed by atoms with Crippen LogP contribution in [0.5, 0.6) is 0 Å². The maximum Gasteiger partial charge on any atom is 0.155 e. The average molecular weight is 670 g/mol. The van der Waals surface area contributed by atoms with Crippen LogP contribution in [0.1, 0.15) is 41.7 Å². The van der Waals surface area contributed by atoms with Crippen LogP contribution in [0.4, 0.5) is 0 Å². The van der Waals surface area contributed by atoms with E-state index in [9.17, 15) is 4.79 Å². The van der Waals surface area contributed by atoms with E-state index in [-0.39, 0.29) is 31.6 Å². The van der Waals surface area contributed by atoms with Crippen LogP contribution in [0.2, 0.25) is 0 Å². The van der Waals surface area contributed by atoms with Crippen LogP contribution in [0.3, 0.4) is 0 Å². The van der Waals surface area contributed by atoms with Crippen molar-refractivity contribution in [3.05, 3.63) is 107 Å². The molecule has 0 aliphatic rings. The van der Waals surface area contributed by atoms with Crippen molar-refractivity contribution >= 4 is 5.78 Å². The first-order valence-electron chi connectivity index (χ1n) is 11.9. The molecule has 0 aliphatic carbocycles. The van der Waals surface area contributed by atoms with Crippen LogP contribution in [0.15, 0.2) is 72.6 Å². The van der Waals surface area contributed by atoms with Gasteiger partial charge >= 0.3 is 0 Å². The number of ketones is 1. The second-order valence-electron chi connectivity index (χ2n) is 9.24. The third kappa shape index (κ3) is 8.04. The molecule has 4 nitrogen and oxygen atoms in total. The minimum atomic E-state index is -0.125. The van der Waals surface area contributed by atoms with Gasteiger partial charge in [0.2, 0.25) is 0 Å². The van der Waals surface area contributed by atoms with E-state index < -0.39 is 0 Å². The Labute approximate surface area is 233 Å². The zero-order chi connectivity index (χ0) is 26.4. The van der Waals surface area contributed by atoms with Crippen molar-refractivity contribution in [2.45, 2.75) is 48.5 Å². The molecule has 0 fully saturated rings. The number of carbonyl (C=O) groups is 1. The minimum absolute atomic E-state index is 0. The maximum absolute atomic E-state index is 10.0. The Bertz CT molecular complexity index is 1400. The predicted molar refractivity (Wildman–Crippen MR) is 148 cm³/mol. The molecular weight excluding hydrogens is 637 g/mol. The molecule has 0 spiro atoms. The normalized spacial score (nSPS) is 10.7. The van der Waals surface area contributed by atoms with E-state index in [1.54, 1.807) is 0 Å². The monoisotopic (exact) mass is 670 g/mol. The van der Waals surface area contributed by atoms with Gasteiger partial charge < -0.3 is 10.1 Å². The number of allylic oxidation sites excluding steroid dienone is 2. The molecule has 3 aromatic carbocycles. The van der Waals surface area contributed by atoms with Gasteiger partial charge in [0, 0.05) is 43.6 Å². The van der Waals surface area contributed by atoms with Gasteiger partial charge in [0.25, 0.3) is 0 Å². The predicted octanol–water partition coefficient (Wildman–Crippen LogP) is 7.85. The number of aromatic nitrogens is 2. The number of hydrogen-bond donors (Lipinski definition) is 1. The van der Waals surface area contributed by atoms with Gasteiger partial charge in [-0.05, 0) is 51.3 Å². The Morgan fingerprint density at radius 3 is 2.05 bits per heavy atom. The largest absolute Gasteiger partial charge is 0.512 e. The number of rotatable bonds is 4. The summed E-state index contributed by atoms with van der Waals surface area (Å²) in [5, 5.41) is 8.36. The summed E-state index contributed by atoms with van der Waals surface area (Å²) in [4.78, 5) is 20.0. The molecule has 4 rings (SSSR count). The summed E-state index contributed by atoms with van der Waals surface area (Å²) in [7, 11) is 0. The van der Waals surface area contributed by atoms with Crippen molar-refractivity contribution < 1.29 is 30.0 Å². The summed E-state index contributed by atoms with van der Waals surface area (Å²) in [6.07, 6.45) is 3.06. The van der Waals surface area contributed by atoms with Crippen LogP contribution < -0.4 is 0 Å². The molecule has 0 aliphatic heterocycles. The maximum atomic E-state index is 10.0. The van der Waals surface area contributed by atoms with Crippen molar-refractivity contribution in [1.82, 2.24) is 9.97 Å². The molecule has 0 bridgehead atoms. The number of aryl methyl sites for hydroxylation is 5. The fourth-order valence-corrected chi connectivity index (χ4v) is 4.24. The van der Waals surface area contributed by atoms with Gasteiger partial charge in [-0.15, -0.1) is 34.9 Å². The van der Waals surface area contributed by atoms with Crippen LogP contribution in [0, 0.1) is 40.7 Å². The Morgan fingerprint density at radius 2 is 1.51 bits per heavy atom. The van der Waals surface area contributed by atoms with E-state index in [0.29, 0.717) is 0 Å². The van der Waals surface area contributed by atoms with Gasteiger partial charge in [-0.2, -0.15) is 0 Å². The van der Waals surface area contributed by atoms with E-state index in [1.165, 1.54) is 42.2 Å². The molecule has 5 heteroatoms. The van der Waals surface area contributed by atoms with E-state index in [0.717, 1.165) is 39.3 Å². The molecule has 0 saturated carbocycles. The van der Waals surface area contributed by atoms with Crippen molar-refractivity contribution in [2.24, 2.45) is 0 Å². The standard InChI is InChI=1S/C27H25N2.C5H8O2.Ir/c1-17-8-6-11-22(13-17)27-26(23-14-18(2)12-19(3)15-23)28-16-24(29-27)25-20(4)9-7-10-21(25)5;1-4(6)3-5(2)7;/h6-14,16H,1-5H3;3,6H,1-2H3;/q-1;;/b;4-3-;. The van der Waals surface area contributed by atoms with Crippen LogP contribution in [-0.4, -0.2) is 20.9 Å².